The first-order valence-corrected chi connectivity index (χ1v) is 7.75. The topological polar surface area (TPSA) is 44.8 Å². The standard InChI is InChI=1S/C19H20O4/c1-3-21-18(20)19(2)16(14-10-6-4-7-11-14)22-17(23-19)15-12-8-5-9-13-15/h4-13,16-17H,3H2,1-2H3/t16-,17-,19-/m0/s1. The van der Waals surface area contributed by atoms with Gasteiger partial charge in [-0.2, -0.15) is 0 Å². The maximum absolute atomic E-state index is 12.5. The highest BCUT2D eigenvalue weighted by molar-refractivity contribution is 5.80. The lowest BCUT2D eigenvalue weighted by Gasteiger charge is -2.26. The van der Waals surface area contributed by atoms with E-state index < -0.39 is 24.0 Å². The number of carbonyl (C=O) groups is 1. The summed E-state index contributed by atoms with van der Waals surface area (Å²) in [5, 5.41) is 0. The number of esters is 1. The first-order valence-electron chi connectivity index (χ1n) is 7.75. The van der Waals surface area contributed by atoms with Crippen molar-refractivity contribution in [1.82, 2.24) is 0 Å². The van der Waals surface area contributed by atoms with Crippen LogP contribution in [0.15, 0.2) is 60.7 Å². The van der Waals surface area contributed by atoms with E-state index in [0.717, 1.165) is 11.1 Å². The van der Waals surface area contributed by atoms with Crippen LogP contribution < -0.4 is 0 Å². The number of rotatable bonds is 4. The van der Waals surface area contributed by atoms with E-state index >= 15 is 0 Å². The van der Waals surface area contributed by atoms with Gasteiger partial charge in [-0.05, 0) is 19.4 Å². The van der Waals surface area contributed by atoms with E-state index in [1.165, 1.54) is 0 Å². The molecule has 1 saturated heterocycles. The number of ether oxygens (including phenoxy) is 3. The Morgan fingerprint density at radius 3 is 2.17 bits per heavy atom. The predicted octanol–water partition coefficient (Wildman–Crippen LogP) is 3.80. The lowest BCUT2D eigenvalue weighted by atomic mass is 9.93. The summed E-state index contributed by atoms with van der Waals surface area (Å²) < 4.78 is 17.3. The van der Waals surface area contributed by atoms with Crippen molar-refractivity contribution >= 4 is 5.97 Å². The lowest BCUT2D eigenvalue weighted by Crippen LogP contribution is -2.41. The van der Waals surface area contributed by atoms with Crippen LogP contribution in [0.3, 0.4) is 0 Å². The zero-order chi connectivity index (χ0) is 16.3. The average molecular weight is 312 g/mol. The molecule has 0 spiro atoms. The molecule has 2 aromatic carbocycles. The normalized spacial score (nSPS) is 26.9. The van der Waals surface area contributed by atoms with Gasteiger partial charge in [0, 0.05) is 5.56 Å². The van der Waals surface area contributed by atoms with E-state index in [-0.39, 0.29) is 0 Å². The lowest BCUT2D eigenvalue weighted by molar-refractivity contribution is -0.170. The summed E-state index contributed by atoms with van der Waals surface area (Å²) in [4.78, 5) is 12.5. The number of benzene rings is 2. The van der Waals surface area contributed by atoms with Crippen LogP contribution in [0.25, 0.3) is 0 Å². The molecule has 0 amide bonds. The van der Waals surface area contributed by atoms with Crippen LogP contribution in [-0.4, -0.2) is 18.2 Å². The van der Waals surface area contributed by atoms with Crippen LogP contribution in [0.5, 0.6) is 0 Å². The fourth-order valence-electron chi connectivity index (χ4n) is 2.78. The minimum Gasteiger partial charge on any atom is -0.464 e. The van der Waals surface area contributed by atoms with Gasteiger partial charge in [-0.25, -0.2) is 4.79 Å². The summed E-state index contributed by atoms with van der Waals surface area (Å²) in [6.45, 7) is 3.81. The van der Waals surface area contributed by atoms with Gasteiger partial charge in [-0.3, -0.25) is 0 Å². The maximum Gasteiger partial charge on any atom is 0.341 e. The first-order chi connectivity index (χ1) is 11.1. The van der Waals surface area contributed by atoms with Crippen molar-refractivity contribution in [2.45, 2.75) is 31.8 Å². The molecular weight excluding hydrogens is 292 g/mol. The summed E-state index contributed by atoms with van der Waals surface area (Å²) >= 11 is 0. The third-order valence-electron chi connectivity index (χ3n) is 3.97. The third-order valence-corrected chi connectivity index (χ3v) is 3.97. The van der Waals surface area contributed by atoms with Gasteiger partial charge >= 0.3 is 5.97 Å². The molecule has 0 bridgehead atoms. The van der Waals surface area contributed by atoms with Gasteiger partial charge in [0.15, 0.2) is 11.9 Å². The van der Waals surface area contributed by atoms with Crippen molar-refractivity contribution in [1.29, 1.82) is 0 Å². The zero-order valence-corrected chi connectivity index (χ0v) is 13.3. The molecule has 0 radical (unpaired) electrons. The average Bonchev–Trinajstić information content (AvgIpc) is 2.96. The first kappa shape index (κ1) is 15.7. The fraction of sp³-hybridized carbons (Fsp3) is 0.316. The molecule has 120 valence electrons. The molecule has 4 heteroatoms. The molecule has 2 aromatic rings. The van der Waals surface area contributed by atoms with Crippen LogP contribution in [-0.2, 0) is 19.0 Å². The number of carbonyl (C=O) groups excluding carboxylic acids is 1. The van der Waals surface area contributed by atoms with E-state index in [2.05, 4.69) is 0 Å². The highest BCUT2D eigenvalue weighted by atomic mass is 16.8. The molecule has 3 rings (SSSR count). The predicted molar refractivity (Wildman–Crippen MR) is 85.6 cm³/mol. The van der Waals surface area contributed by atoms with Crippen LogP contribution in [0.2, 0.25) is 0 Å². The minimum atomic E-state index is -1.18. The molecule has 0 N–H and O–H groups in total. The van der Waals surface area contributed by atoms with Crippen molar-refractivity contribution in [2.24, 2.45) is 0 Å². The Morgan fingerprint density at radius 2 is 1.61 bits per heavy atom. The second-order valence-corrected chi connectivity index (χ2v) is 5.61. The van der Waals surface area contributed by atoms with Crippen LogP contribution in [0, 0.1) is 0 Å². The van der Waals surface area contributed by atoms with Crippen molar-refractivity contribution < 1.29 is 19.0 Å². The van der Waals surface area contributed by atoms with Gasteiger partial charge in [0.2, 0.25) is 0 Å². The van der Waals surface area contributed by atoms with Crippen molar-refractivity contribution in [3.8, 4) is 0 Å². The van der Waals surface area contributed by atoms with Crippen molar-refractivity contribution in [3.63, 3.8) is 0 Å². The zero-order valence-electron chi connectivity index (χ0n) is 13.3. The van der Waals surface area contributed by atoms with Crippen LogP contribution in [0.1, 0.15) is 37.4 Å². The number of hydrogen-bond donors (Lipinski definition) is 0. The monoisotopic (exact) mass is 312 g/mol. The Morgan fingerprint density at radius 1 is 1.04 bits per heavy atom. The number of hydrogen-bond acceptors (Lipinski definition) is 4. The summed E-state index contributed by atoms with van der Waals surface area (Å²) in [5.74, 6) is -0.410. The maximum atomic E-state index is 12.5. The molecule has 1 aliphatic heterocycles. The molecule has 0 unspecified atom stereocenters. The minimum absolute atomic E-state index is 0.301. The molecule has 23 heavy (non-hydrogen) atoms. The van der Waals surface area contributed by atoms with Gasteiger partial charge in [0.25, 0.3) is 0 Å². The summed E-state index contributed by atoms with van der Waals surface area (Å²) in [6.07, 6.45) is -1.12. The molecular formula is C19H20O4. The highest BCUT2D eigenvalue weighted by Gasteiger charge is 2.54. The van der Waals surface area contributed by atoms with Gasteiger partial charge in [0.1, 0.15) is 6.10 Å². The van der Waals surface area contributed by atoms with Crippen LogP contribution >= 0.6 is 0 Å². The third kappa shape index (κ3) is 3.00. The summed E-state index contributed by atoms with van der Waals surface area (Å²) in [6, 6.07) is 19.2. The Labute approximate surface area is 136 Å². The van der Waals surface area contributed by atoms with E-state index in [1.807, 2.05) is 60.7 Å². The summed E-state index contributed by atoms with van der Waals surface area (Å²) in [7, 11) is 0. The molecule has 4 nitrogen and oxygen atoms in total. The quantitative estimate of drug-likeness (QED) is 0.806. The Bertz CT molecular complexity index is 656. The highest BCUT2D eigenvalue weighted by Crippen LogP contribution is 2.47. The SMILES string of the molecule is CCOC(=O)[C@@]1(C)O[C@@H](c2ccccc2)O[C@H]1c1ccccc1. The van der Waals surface area contributed by atoms with Gasteiger partial charge < -0.3 is 14.2 Å². The summed E-state index contributed by atoms with van der Waals surface area (Å²) in [5.41, 5.74) is 0.584. The smallest absolute Gasteiger partial charge is 0.341 e. The molecule has 0 aromatic heterocycles. The molecule has 3 atom stereocenters. The van der Waals surface area contributed by atoms with E-state index in [9.17, 15) is 4.79 Å². The fourth-order valence-corrected chi connectivity index (χ4v) is 2.78. The molecule has 1 aliphatic rings. The Kier molecular flexibility index (Phi) is 4.46. The molecule has 0 saturated carbocycles. The van der Waals surface area contributed by atoms with Gasteiger partial charge in [-0.1, -0.05) is 60.7 Å². The van der Waals surface area contributed by atoms with Crippen molar-refractivity contribution in [2.75, 3.05) is 6.61 Å². The van der Waals surface area contributed by atoms with E-state index in [4.69, 9.17) is 14.2 Å². The van der Waals surface area contributed by atoms with E-state index in [0.29, 0.717) is 6.61 Å². The van der Waals surface area contributed by atoms with Gasteiger partial charge in [0.05, 0.1) is 6.61 Å². The second kappa shape index (κ2) is 6.52. The van der Waals surface area contributed by atoms with E-state index in [1.54, 1.807) is 13.8 Å². The molecule has 1 fully saturated rings. The molecule has 1 heterocycles. The van der Waals surface area contributed by atoms with Gasteiger partial charge in [-0.15, -0.1) is 0 Å². The van der Waals surface area contributed by atoms with Crippen molar-refractivity contribution in [3.05, 3.63) is 71.8 Å². The molecule has 0 aliphatic carbocycles. The largest absolute Gasteiger partial charge is 0.464 e. The Balaban J connectivity index is 1.96. The second-order valence-electron chi connectivity index (χ2n) is 5.61. The Hall–Kier alpha value is -2.17. The van der Waals surface area contributed by atoms with Crippen LogP contribution in [0.4, 0.5) is 0 Å².